The average Bonchev–Trinajstić information content (AvgIpc) is 1.57. The number of anilines is 11. The van der Waals surface area contributed by atoms with Crippen LogP contribution in [-0.4, -0.2) is 0 Å². The van der Waals surface area contributed by atoms with Crippen LogP contribution in [0.1, 0.15) is 68.1 Å². The molecule has 1 spiro atoms. The van der Waals surface area contributed by atoms with Crippen molar-refractivity contribution in [3.05, 3.63) is 346 Å². The molecule has 11 aromatic rings. The molecule has 0 bridgehead atoms. The van der Waals surface area contributed by atoms with Crippen LogP contribution in [0.4, 0.5) is 62.6 Å². The summed E-state index contributed by atoms with van der Waals surface area (Å²) in [4.78, 5) is 9.53. The molecule has 0 N–H and O–H groups in total. The molecule has 0 fully saturated rings. The van der Waals surface area contributed by atoms with Crippen LogP contribution in [0.5, 0.6) is 0 Å². The van der Waals surface area contributed by atoms with E-state index in [-0.39, 0.29) is 0 Å². The van der Waals surface area contributed by atoms with Gasteiger partial charge in [-0.15, -0.1) is 0 Å². The summed E-state index contributed by atoms with van der Waals surface area (Å²) < 4.78 is 0. The maximum absolute atomic E-state index is 4.85. The Balaban J connectivity index is 1.10. The number of benzene rings is 11. The first-order chi connectivity index (χ1) is 41.3. The standard InChI is InChI=1S/C81H70N4/c1-54-15-30-64(31-16-54)82(63-13-11-10-12-14-63)61(8)29-47-74-62(9)81(78-51-71(44-48-75(74)78)83(65-32-17-55(2)18-33-65)66-34-19-56(3)20-35-66)79-52-72(84(67-36-21-57(4)22-37-67)68-38-23-58(5)24-39-68)45-49-76(79)77-50-46-73(53-80(77)81)85(69-40-25-59(6)26-41-69)70-42-27-60(7)28-43-70/h10-53H,8H2,1-7,9H3/b47-29-. The normalized spacial score (nSPS) is 12.8. The quantitative estimate of drug-likeness (QED) is 0.101. The molecule has 85 heavy (non-hydrogen) atoms. The molecule has 11 aromatic carbocycles. The largest absolute Gasteiger partial charge is 0.311 e. The molecule has 414 valence electrons. The Bertz CT molecular complexity index is 4060. The fourth-order valence-electron chi connectivity index (χ4n) is 12.8. The van der Waals surface area contributed by atoms with Gasteiger partial charge in [-0.2, -0.15) is 0 Å². The lowest BCUT2D eigenvalue weighted by atomic mass is 9.69. The number of nitrogens with zero attached hydrogens (tertiary/aromatic N) is 4. The highest BCUT2D eigenvalue weighted by Gasteiger charge is 2.52. The number of allylic oxidation sites excluding steroid dienone is 4. The van der Waals surface area contributed by atoms with Crippen LogP contribution >= 0.6 is 0 Å². The van der Waals surface area contributed by atoms with E-state index in [0.29, 0.717) is 0 Å². The van der Waals surface area contributed by atoms with E-state index >= 15 is 0 Å². The van der Waals surface area contributed by atoms with Gasteiger partial charge >= 0.3 is 0 Å². The van der Waals surface area contributed by atoms with Crippen molar-refractivity contribution >= 4 is 68.1 Å². The van der Waals surface area contributed by atoms with Gasteiger partial charge in [0.15, 0.2) is 0 Å². The van der Waals surface area contributed by atoms with E-state index in [2.05, 4.69) is 342 Å². The lowest BCUT2D eigenvalue weighted by molar-refractivity contribution is 0.766. The second-order valence-corrected chi connectivity index (χ2v) is 23.3. The van der Waals surface area contributed by atoms with Crippen molar-refractivity contribution in [2.24, 2.45) is 0 Å². The maximum Gasteiger partial charge on any atom is 0.0688 e. The summed E-state index contributed by atoms with van der Waals surface area (Å²) in [6.07, 6.45) is 4.57. The lowest BCUT2D eigenvalue weighted by Crippen LogP contribution is -2.27. The van der Waals surface area contributed by atoms with Crippen LogP contribution in [0.15, 0.2) is 285 Å². The minimum absolute atomic E-state index is 0.788. The zero-order valence-corrected chi connectivity index (χ0v) is 49.9. The SMILES string of the molecule is C=C(/C=C\C1=C(C)C2(c3cc(N(c4ccc(C)cc4)c4ccc(C)cc4)ccc31)c1cc(N(c3ccc(C)cc3)c3ccc(C)cc3)ccc1-c1ccc(N(c3ccc(C)cc3)c3ccc(C)cc3)cc12)N(c1ccccc1)c1ccc(C)cc1. The molecule has 0 amide bonds. The van der Waals surface area contributed by atoms with Gasteiger partial charge < -0.3 is 19.6 Å². The minimum Gasteiger partial charge on any atom is -0.311 e. The fraction of sp³-hybridized carbons (Fsp3) is 0.111. The van der Waals surface area contributed by atoms with Crippen molar-refractivity contribution in [3.8, 4) is 11.1 Å². The van der Waals surface area contributed by atoms with Crippen molar-refractivity contribution in [2.75, 3.05) is 19.6 Å². The number of para-hydroxylation sites is 1. The number of aryl methyl sites for hydroxylation is 7. The number of fused-ring (bicyclic) bond motifs is 7. The Morgan fingerprint density at radius 1 is 0.294 bits per heavy atom. The zero-order chi connectivity index (χ0) is 58.5. The van der Waals surface area contributed by atoms with Gasteiger partial charge in [-0.05, 0) is 239 Å². The van der Waals surface area contributed by atoms with Gasteiger partial charge in [-0.25, -0.2) is 0 Å². The van der Waals surface area contributed by atoms with E-state index in [1.54, 1.807) is 0 Å². The Hall–Kier alpha value is -10.2. The Morgan fingerprint density at radius 2 is 0.553 bits per heavy atom. The molecule has 13 rings (SSSR count). The van der Waals surface area contributed by atoms with Crippen molar-refractivity contribution in [3.63, 3.8) is 0 Å². The summed E-state index contributed by atoms with van der Waals surface area (Å²) in [5.41, 5.74) is 30.2. The molecule has 2 aliphatic carbocycles. The van der Waals surface area contributed by atoms with Crippen molar-refractivity contribution < 1.29 is 0 Å². The summed E-state index contributed by atoms with van der Waals surface area (Å²) in [5, 5.41) is 0. The van der Waals surface area contributed by atoms with E-state index in [4.69, 9.17) is 6.58 Å². The molecule has 0 aromatic heterocycles. The van der Waals surface area contributed by atoms with Gasteiger partial charge in [0.1, 0.15) is 0 Å². The van der Waals surface area contributed by atoms with Crippen LogP contribution in [0.25, 0.3) is 16.7 Å². The summed E-state index contributed by atoms with van der Waals surface area (Å²) in [6, 6.07) is 94.6. The predicted octanol–water partition coefficient (Wildman–Crippen LogP) is 22.3. The molecule has 4 heteroatoms. The average molecular weight is 1100 g/mol. The molecular formula is C81H70N4. The first kappa shape index (κ1) is 54.1. The van der Waals surface area contributed by atoms with Gasteiger partial charge in [0.2, 0.25) is 0 Å². The number of hydrogen-bond donors (Lipinski definition) is 0. The van der Waals surface area contributed by atoms with E-state index in [9.17, 15) is 0 Å². The van der Waals surface area contributed by atoms with Crippen LogP contribution < -0.4 is 19.6 Å². The summed E-state index contributed by atoms with van der Waals surface area (Å²) in [7, 11) is 0. The first-order valence-corrected chi connectivity index (χ1v) is 29.6. The second kappa shape index (κ2) is 22.2. The second-order valence-electron chi connectivity index (χ2n) is 23.3. The Labute approximate surface area is 502 Å². The Kier molecular flexibility index (Phi) is 14.1. The highest BCUT2D eigenvalue weighted by molar-refractivity contribution is 6.00. The van der Waals surface area contributed by atoms with E-state index in [1.165, 1.54) is 77.9 Å². The highest BCUT2D eigenvalue weighted by atomic mass is 15.2. The topological polar surface area (TPSA) is 13.0 Å². The van der Waals surface area contributed by atoms with E-state index in [0.717, 1.165) is 73.8 Å². The van der Waals surface area contributed by atoms with Gasteiger partial charge in [-0.1, -0.05) is 173 Å². The molecule has 0 unspecified atom stereocenters. The van der Waals surface area contributed by atoms with Gasteiger partial charge in [0.25, 0.3) is 0 Å². The third-order valence-electron chi connectivity index (χ3n) is 17.3. The lowest BCUT2D eigenvalue weighted by Gasteiger charge is -2.35. The molecule has 0 atom stereocenters. The molecular weight excluding hydrogens is 1030 g/mol. The molecule has 0 heterocycles. The van der Waals surface area contributed by atoms with Crippen molar-refractivity contribution in [1.29, 1.82) is 0 Å². The van der Waals surface area contributed by atoms with E-state index in [1.807, 2.05) is 0 Å². The van der Waals surface area contributed by atoms with Gasteiger partial charge in [0, 0.05) is 68.3 Å². The fourth-order valence-corrected chi connectivity index (χ4v) is 12.8. The number of hydrogen-bond acceptors (Lipinski definition) is 4. The summed E-state index contributed by atoms with van der Waals surface area (Å²) >= 11 is 0. The van der Waals surface area contributed by atoms with Crippen LogP contribution in [0.3, 0.4) is 0 Å². The molecule has 0 aliphatic heterocycles. The van der Waals surface area contributed by atoms with Gasteiger partial charge in [0.05, 0.1) is 5.41 Å². The predicted molar refractivity (Wildman–Crippen MR) is 361 cm³/mol. The monoisotopic (exact) mass is 1100 g/mol. The minimum atomic E-state index is -0.788. The zero-order valence-electron chi connectivity index (χ0n) is 49.9. The third kappa shape index (κ3) is 9.94. The van der Waals surface area contributed by atoms with Crippen molar-refractivity contribution in [2.45, 2.75) is 60.8 Å². The molecule has 0 radical (unpaired) electrons. The number of rotatable bonds is 14. The molecule has 0 saturated carbocycles. The summed E-state index contributed by atoms with van der Waals surface area (Å²) in [5.74, 6) is 0. The third-order valence-corrected chi connectivity index (χ3v) is 17.3. The molecule has 0 saturated heterocycles. The maximum atomic E-state index is 4.85. The Morgan fingerprint density at radius 3 is 0.871 bits per heavy atom. The van der Waals surface area contributed by atoms with Crippen LogP contribution in [0.2, 0.25) is 0 Å². The van der Waals surface area contributed by atoms with Gasteiger partial charge in [-0.3, -0.25) is 0 Å². The van der Waals surface area contributed by atoms with Crippen LogP contribution in [-0.2, 0) is 5.41 Å². The van der Waals surface area contributed by atoms with Crippen molar-refractivity contribution in [1.82, 2.24) is 0 Å². The van der Waals surface area contributed by atoms with Crippen LogP contribution in [0, 0.1) is 48.5 Å². The first-order valence-electron chi connectivity index (χ1n) is 29.6. The highest BCUT2D eigenvalue weighted by Crippen LogP contribution is 2.64. The summed E-state index contributed by atoms with van der Waals surface area (Å²) in [6.45, 7) is 22.3. The van der Waals surface area contributed by atoms with E-state index < -0.39 is 5.41 Å². The smallest absolute Gasteiger partial charge is 0.0688 e. The molecule has 2 aliphatic rings. The molecule has 4 nitrogen and oxygen atoms in total.